The third-order valence-corrected chi connectivity index (χ3v) is 5.26. The molecule has 0 bridgehead atoms. The third-order valence-electron chi connectivity index (χ3n) is 5.26. The summed E-state index contributed by atoms with van der Waals surface area (Å²) in [6.07, 6.45) is 0.847. The van der Waals surface area contributed by atoms with E-state index in [4.69, 9.17) is 14.2 Å². The molecule has 0 aliphatic carbocycles. The monoisotopic (exact) mass is 398 g/mol. The molecular weight excluding hydrogens is 368 g/mol. The smallest absolute Gasteiger partial charge is 0.234 e. The summed E-state index contributed by atoms with van der Waals surface area (Å²) in [7, 11) is 4.93. The molecule has 2 unspecified atom stereocenters. The van der Waals surface area contributed by atoms with Crippen LogP contribution in [0.4, 0.5) is 0 Å². The van der Waals surface area contributed by atoms with E-state index >= 15 is 0 Å². The minimum Gasteiger partial charge on any atom is -0.493 e. The van der Waals surface area contributed by atoms with E-state index in [0.29, 0.717) is 18.9 Å². The predicted octanol–water partition coefficient (Wildman–Crippen LogP) is 2.80. The number of rotatable bonds is 8. The molecule has 1 aliphatic heterocycles. The second kappa shape index (κ2) is 9.76. The molecule has 1 heterocycles. The third kappa shape index (κ3) is 4.89. The van der Waals surface area contributed by atoms with Crippen LogP contribution >= 0.6 is 0 Å². The van der Waals surface area contributed by atoms with Crippen molar-refractivity contribution in [3.8, 4) is 11.5 Å². The molecule has 0 aromatic heterocycles. The normalized spacial score (nSPS) is 17.3. The van der Waals surface area contributed by atoms with E-state index in [9.17, 15) is 4.79 Å². The highest BCUT2D eigenvalue weighted by Gasteiger charge is 2.31. The number of benzene rings is 2. The van der Waals surface area contributed by atoms with Crippen molar-refractivity contribution in [2.75, 3.05) is 41.0 Å². The highest BCUT2D eigenvalue weighted by Crippen LogP contribution is 2.40. The summed E-state index contributed by atoms with van der Waals surface area (Å²) in [6.45, 7) is 3.54. The van der Waals surface area contributed by atoms with Crippen LogP contribution in [0, 0.1) is 0 Å². The molecule has 0 saturated heterocycles. The average Bonchev–Trinajstić information content (AvgIpc) is 2.73. The van der Waals surface area contributed by atoms with Crippen LogP contribution in [0.1, 0.15) is 29.7 Å². The summed E-state index contributed by atoms with van der Waals surface area (Å²) >= 11 is 0. The Kier molecular flexibility index (Phi) is 7.12. The Morgan fingerprint density at radius 2 is 1.83 bits per heavy atom. The minimum atomic E-state index is -0.0248. The largest absolute Gasteiger partial charge is 0.493 e. The zero-order valence-corrected chi connectivity index (χ0v) is 17.6. The summed E-state index contributed by atoms with van der Waals surface area (Å²) in [5.74, 6) is 1.43. The van der Waals surface area contributed by atoms with Gasteiger partial charge in [0.15, 0.2) is 11.5 Å². The molecule has 156 valence electrons. The summed E-state index contributed by atoms with van der Waals surface area (Å²) in [4.78, 5) is 14.9. The van der Waals surface area contributed by atoms with Gasteiger partial charge in [0.05, 0.1) is 33.4 Å². The molecular formula is C23H30N2O4. The quantitative estimate of drug-likeness (QED) is 0.741. The van der Waals surface area contributed by atoms with Gasteiger partial charge >= 0.3 is 0 Å². The Bertz CT molecular complexity index is 825. The second-order valence-electron chi connectivity index (χ2n) is 7.36. The van der Waals surface area contributed by atoms with Crippen LogP contribution in [0.2, 0.25) is 0 Å². The SMILES string of the molecule is COCC(C)NC(=O)CN1CCc2cc(OC)c(OC)cc2C1c1ccccc1. The van der Waals surface area contributed by atoms with Crippen molar-refractivity contribution in [3.05, 3.63) is 59.2 Å². The van der Waals surface area contributed by atoms with Crippen molar-refractivity contribution >= 4 is 5.91 Å². The van der Waals surface area contributed by atoms with Crippen molar-refractivity contribution in [1.82, 2.24) is 10.2 Å². The number of carbonyl (C=O) groups is 1. The number of hydrogen-bond donors (Lipinski definition) is 1. The number of fused-ring (bicyclic) bond motifs is 1. The number of nitrogens with zero attached hydrogens (tertiary/aromatic N) is 1. The lowest BCUT2D eigenvalue weighted by atomic mass is 9.87. The summed E-state index contributed by atoms with van der Waals surface area (Å²) in [6, 6.07) is 14.3. The molecule has 0 radical (unpaired) electrons. The van der Waals surface area contributed by atoms with Gasteiger partial charge in [-0.3, -0.25) is 9.69 Å². The predicted molar refractivity (Wildman–Crippen MR) is 113 cm³/mol. The zero-order valence-electron chi connectivity index (χ0n) is 17.6. The van der Waals surface area contributed by atoms with Crippen LogP contribution in [0.25, 0.3) is 0 Å². The van der Waals surface area contributed by atoms with Gasteiger partial charge in [-0.25, -0.2) is 0 Å². The average molecular weight is 399 g/mol. The molecule has 1 aliphatic rings. The van der Waals surface area contributed by atoms with E-state index in [2.05, 4.69) is 28.4 Å². The Balaban J connectivity index is 1.93. The fourth-order valence-corrected chi connectivity index (χ4v) is 3.99. The van der Waals surface area contributed by atoms with Gasteiger partial charge in [-0.15, -0.1) is 0 Å². The lowest BCUT2D eigenvalue weighted by Gasteiger charge is -2.38. The van der Waals surface area contributed by atoms with Crippen molar-refractivity contribution in [2.24, 2.45) is 0 Å². The number of ether oxygens (including phenoxy) is 3. The van der Waals surface area contributed by atoms with Crippen molar-refractivity contribution in [1.29, 1.82) is 0 Å². The molecule has 2 atom stereocenters. The molecule has 0 fully saturated rings. The first-order valence-electron chi connectivity index (χ1n) is 9.89. The van der Waals surface area contributed by atoms with E-state index in [1.807, 2.05) is 31.2 Å². The first-order chi connectivity index (χ1) is 14.1. The van der Waals surface area contributed by atoms with E-state index in [0.717, 1.165) is 29.8 Å². The number of carbonyl (C=O) groups excluding carboxylic acids is 1. The first-order valence-corrected chi connectivity index (χ1v) is 9.89. The van der Waals surface area contributed by atoms with E-state index in [1.165, 1.54) is 5.56 Å². The summed E-state index contributed by atoms with van der Waals surface area (Å²) in [5, 5.41) is 3.01. The van der Waals surface area contributed by atoms with Crippen molar-refractivity contribution in [2.45, 2.75) is 25.4 Å². The van der Waals surface area contributed by atoms with E-state index in [1.54, 1.807) is 21.3 Å². The van der Waals surface area contributed by atoms with Crippen molar-refractivity contribution in [3.63, 3.8) is 0 Å². The number of hydrogen-bond acceptors (Lipinski definition) is 5. The van der Waals surface area contributed by atoms with E-state index in [-0.39, 0.29) is 18.0 Å². The molecule has 3 rings (SSSR count). The molecule has 0 saturated carbocycles. The van der Waals surface area contributed by atoms with Crippen LogP contribution in [0.3, 0.4) is 0 Å². The molecule has 2 aromatic rings. The van der Waals surface area contributed by atoms with Gasteiger partial charge in [-0.1, -0.05) is 30.3 Å². The van der Waals surface area contributed by atoms with Crippen LogP contribution in [0.15, 0.2) is 42.5 Å². The Morgan fingerprint density at radius 1 is 1.14 bits per heavy atom. The van der Waals surface area contributed by atoms with Crippen LogP contribution < -0.4 is 14.8 Å². The summed E-state index contributed by atoms with van der Waals surface area (Å²) in [5.41, 5.74) is 3.53. The Labute approximate surface area is 172 Å². The summed E-state index contributed by atoms with van der Waals surface area (Å²) < 4.78 is 16.2. The van der Waals surface area contributed by atoms with Crippen LogP contribution in [0.5, 0.6) is 11.5 Å². The highest BCUT2D eigenvalue weighted by atomic mass is 16.5. The molecule has 29 heavy (non-hydrogen) atoms. The van der Waals surface area contributed by atoms with Gasteiger partial charge in [0, 0.05) is 19.7 Å². The number of nitrogens with one attached hydrogen (secondary N) is 1. The lowest BCUT2D eigenvalue weighted by Crippen LogP contribution is -2.46. The number of amides is 1. The molecule has 1 N–H and O–H groups in total. The van der Waals surface area contributed by atoms with Gasteiger partial charge in [0.2, 0.25) is 5.91 Å². The van der Waals surface area contributed by atoms with E-state index < -0.39 is 0 Å². The zero-order chi connectivity index (χ0) is 20.8. The van der Waals surface area contributed by atoms with Crippen LogP contribution in [-0.4, -0.2) is 57.9 Å². The Morgan fingerprint density at radius 3 is 2.48 bits per heavy atom. The van der Waals surface area contributed by atoms with Gasteiger partial charge in [-0.05, 0) is 42.2 Å². The minimum absolute atomic E-state index is 0.000548. The maximum atomic E-state index is 12.7. The molecule has 0 spiro atoms. The first kappa shape index (κ1) is 21.1. The van der Waals surface area contributed by atoms with Gasteiger partial charge in [-0.2, -0.15) is 0 Å². The lowest BCUT2D eigenvalue weighted by molar-refractivity contribution is -0.123. The maximum absolute atomic E-state index is 12.7. The van der Waals surface area contributed by atoms with Gasteiger partial charge < -0.3 is 19.5 Å². The fraction of sp³-hybridized carbons (Fsp3) is 0.435. The maximum Gasteiger partial charge on any atom is 0.234 e. The second-order valence-corrected chi connectivity index (χ2v) is 7.36. The molecule has 6 nitrogen and oxygen atoms in total. The van der Waals surface area contributed by atoms with Crippen LogP contribution in [-0.2, 0) is 16.0 Å². The topological polar surface area (TPSA) is 60.0 Å². The van der Waals surface area contributed by atoms with Gasteiger partial charge in [0.25, 0.3) is 0 Å². The van der Waals surface area contributed by atoms with Crippen molar-refractivity contribution < 1.29 is 19.0 Å². The molecule has 1 amide bonds. The Hall–Kier alpha value is -2.57. The fourth-order valence-electron chi connectivity index (χ4n) is 3.99. The highest BCUT2D eigenvalue weighted by molar-refractivity contribution is 5.78. The molecule has 2 aromatic carbocycles. The standard InChI is InChI=1S/C23H30N2O4/c1-16(15-27-2)24-22(26)14-25-11-10-18-12-20(28-3)21(29-4)13-19(18)23(25)17-8-6-5-7-9-17/h5-9,12-13,16,23H,10-11,14-15H2,1-4H3,(H,24,26). The van der Waals surface area contributed by atoms with Gasteiger partial charge in [0.1, 0.15) is 0 Å². The number of methoxy groups -OCH3 is 3. The molecule has 6 heteroatoms.